The highest BCUT2D eigenvalue weighted by Crippen LogP contribution is 2.22. The quantitative estimate of drug-likeness (QED) is 0.770. The van der Waals surface area contributed by atoms with Crippen LogP contribution in [0.2, 0.25) is 0 Å². The Kier molecular flexibility index (Phi) is 3.95. The van der Waals surface area contributed by atoms with Crippen molar-refractivity contribution in [1.29, 1.82) is 0 Å². The maximum absolute atomic E-state index is 12.8. The van der Waals surface area contributed by atoms with Gasteiger partial charge in [0.15, 0.2) is 0 Å². The maximum Gasteiger partial charge on any atom is 0.123 e. The lowest BCUT2D eigenvalue weighted by Gasteiger charge is -2.27. The molecule has 0 N–H and O–H groups in total. The lowest BCUT2D eigenvalue weighted by molar-refractivity contribution is 0.313. The van der Waals surface area contributed by atoms with E-state index in [4.69, 9.17) is 0 Å². The zero-order valence-corrected chi connectivity index (χ0v) is 10.5. The van der Waals surface area contributed by atoms with Gasteiger partial charge >= 0.3 is 0 Å². The molecule has 17 heavy (non-hydrogen) atoms. The van der Waals surface area contributed by atoms with Crippen LogP contribution in [0.5, 0.6) is 0 Å². The molecule has 1 nitrogen and oxygen atoms in total. The topological polar surface area (TPSA) is 3.24 Å². The molecule has 1 aromatic rings. The van der Waals surface area contributed by atoms with Crippen LogP contribution in [0.15, 0.2) is 30.3 Å². The van der Waals surface area contributed by atoms with E-state index in [1.807, 2.05) is 12.1 Å². The van der Waals surface area contributed by atoms with E-state index >= 15 is 0 Å². The van der Waals surface area contributed by atoms with Gasteiger partial charge in [0, 0.05) is 19.6 Å². The molecule has 0 spiro atoms. The smallest absolute Gasteiger partial charge is 0.123 e. The van der Waals surface area contributed by atoms with Crippen LogP contribution < -0.4 is 0 Å². The highest BCUT2D eigenvalue weighted by atomic mass is 19.1. The minimum Gasteiger partial charge on any atom is -0.299 e. The van der Waals surface area contributed by atoms with Gasteiger partial charge in [-0.1, -0.05) is 32.1 Å². The number of benzene rings is 1. The lowest BCUT2D eigenvalue weighted by Crippen LogP contribution is -2.31. The van der Waals surface area contributed by atoms with E-state index in [0.29, 0.717) is 0 Å². The van der Waals surface area contributed by atoms with Crippen LogP contribution in [0.25, 0.3) is 5.57 Å². The first-order valence-corrected chi connectivity index (χ1v) is 6.11. The Bertz CT molecular complexity index is 392. The second kappa shape index (κ2) is 5.46. The van der Waals surface area contributed by atoms with Crippen molar-refractivity contribution in [2.45, 2.75) is 20.3 Å². The third-order valence-electron chi connectivity index (χ3n) is 3.05. The Morgan fingerprint density at radius 2 is 1.94 bits per heavy atom. The van der Waals surface area contributed by atoms with Crippen LogP contribution in [-0.4, -0.2) is 24.5 Å². The summed E-state index contributed by atoms with van der Waals surface area (Å²) >= 11 is 0. The van der Waals surface area contributed by atoms with Crippen molar-refractivity contribution >= 4 is 5.57 Å². The van der Waals surface area contributed by atoms with Crippen LogP contribution >= 0.6 is 0 Å². The SMILES string of the molecule is C[C](C)CN1CC=C(c2ccc(F)cc2)CC1. The summed E-state index contributed by atoms with van der Waals surface area (Å²) in [5.74, 6) is 1.28. The summed E-state index contributed by atoms with van der Waals surface area (Å²) in [4.78, 5) is 2.43. The molecule has 1 aliphatic heterocycles. The van der Waals surface area contributed by atoms with Gasteiger partial charge in [0.25, 0.3) is 0 Å². The first-order chi connectivity index (χ1) is 8.15. The fourth-order valence-electron chi connectivity index (χ4n) is 2.23. The van der Waals surface area contributed by atoms with Crippen molar-refractivity contribution < 1.29 is 4.39 Å². The standard InChI is InChI=1S/C15H19FN/c1-12(2)11-17-9-7-14(8-10-17)13-3-5-15(16)6-4-13/h3-7H,8-11H2,1-2H3. The van der Waals surface area contributed by atoms with Crippen molar-refractivity contribution in [3.05, 3.63) is 47.6 Å². The molecule has 0 bridgehead atoms. The van der Waals surface area contributed by atoms with Gasteiger partial charge in [-0.05, 0) is 35.6 Å². The Morgan fingerprint density at radius 3 is 2.47 bits per heavy atom. The molecule has 1 heterocycles. The first-order valence-electron chi connectivity index (χ1n) is 6.11. The lowest BCUT2D eigenvalue weighted by atomic mass is 9.99. The van der Waals surface area contributed by atoms with E-state index in [2.05, 4.69) is 24.8 Å². The van der Waals surface area contributed by atoms with E-state index in [-0.39, 0.29) is 5.82 Å². The van der Waals surface area contributed by atoms with E-state index in [0.717, 1.165) is 31.6 Å². The largest absolute Gasteiger partial charge is 0.299 e. The van der Waals surface area contributed by atoms with Gasteiger partial charge in [-0.15, -0.1) is 0 Å². The average Bonchev–Trinajstić information content (AvgIpc) is 2.30. The molecule has 1 aliphatic rings. The zero-order chi connectivity index (χ0) is 12.3. The van der Waals surface area contributed by atoms with E-state index in [1.165, 1.54) is 23.6 Å². The van der Waals surface area contributed by atoms with E-state index in [1.54, 1.807) is 0 Å². The molecule has 0 unspecified atom stereocenters. The Labute approximate surface area is 103 Å². The molecule has 1 radical (unpaired) electrons. The number of nitrogens with zero attached hydrogens (tertiary/aromatic N) is 1. The second-order valence-corrected chi connectivity index (χ2v) is 4.93. The molecule has 2 heteroatoms. The van der Waals surface area contributed by atoms with Crippen LogP contribution in [0.1, 0.15) is 25.8 Å². The predicted octanol–water partition coefficient (Wildman–Crippen LogP) is 3.53. The van der Waals surface area contributed by atoms with Crippen LogP contribution in [0, 0.1) is 11.7 Å². The molecule has 1 aromatic carbocycles. The van der Waals surface area contributed by atoms with Crippen molar-refractivity contribution in [2.24, 2.45) is 0 Å². The predicted molar refractivity (Wildman–Crippen MR) is 70.0 cm³/mol. The van der Waals surface area contributed by atoms with Crippen LogP contribution in [-0.2, 0) is 0 Å². The zero-order valence-electron chi connectivity index (χ0n) is 10.5. The molecule has 0 saturated carbocycles. The second-order valence-electron chi connectivity index (χ2n) is 4.93. The van der Waals surface area contributed by atoms with E-state index in [9.17, 15) is 4.39 Å². The Balaban J connectivity index is 2.00. The maximum atomic E-state index is 12.8. The van der Waals surface area contributed by atoms with E-state index < -0.39 is 0 Å². The Morgan fingerprint density at radius 1 is 1.24 bits per heavy atom. The van der Waals surface area contributed by atoms with Gasteiger partial charge in [0.2, 0.25) is 0 Å². The summed E-state index contributed by atoms with van der Waals surface area (Å²) in [5, 5.41) is 0. The fourth-order valence-corrected chi connectivity index (χ4v) is 2.23. The molecule has 2 rings (SSSR count). The molecule has 0 atom stereocenters. The first kappa shape index (κ1) is 12.3. The van der Waals surface area contributed by atoms with Gasteiger partial charge in [-0.25, -0.2) is 4.39 Å². The minimum absolute atomic E-state index is 0.164. The number of halogens is 1. The molecule has 0 aromatic heterocycles. The van der Waals surface area contributed by atoms with Crippen molar-refractivity contribution in [3.63, 3.8) is 0 Å². The van der Waals surface area contributed by atoms with Crippen molar-refractivity contribution in [1.82, 2.24) is 4.90 Å². The highest BCUT2D eigenvalue weighted by molar-refractivity contribution is 5.66. The summed E-state index contributed by atoms with van der Waals surface area (Å²) in [6.45, 7) is 7.50. The summed E-state index contributed by atoms with van der Waals surface area (Å²) in [6, 6.07) is 6.81. The molecule has 0 aliphatic carbocycles. The van der Waals surface area contributed by atoms with Crippen LogP contribution in [0.3, 0.4) is 0 Å². The summed E-state index contributed by atoms with van der Waals surface area (Å²) in [7, 11) is 0. The third kappa shape index (κ3) is 3.40. The van der Waals surface area contributed by atoms with Crippen LogP contribution in [0.4, 0.5) is 4.39 Å². The molecule has 0 saturated heterocycles. The summed E-state index contributed by atoms with van der Waals surface area (Å²) in [5.41, 5.74) is 2.50. The Hall–Kier alpha value is -1.15. The van der Waals surface area contributed by atoms with Gasteiger partial charge in [0.1, 0.15) is 5.82 Å². The van der Waals surface area contributed by atoms with Gasteiger partial charge in [-0.3, -0.25) is 4.90 Å². The number of hydrogen-bond acceptors (Lipinski definition) is 1. The summed E-state index contributed by atoms with van der Waals surface area (Å²) < 4.78 is 12.8. The third-order valence-corrected chi connectivity index (χ3v) is 3.05. The van der Waals surface area contributed by atoms with Gasteiger partial charge in [-0.2, -0.15) is 0 Å². The number of rotatable bonds is 3. The molecule has 0 fully saturated rings. The molecule has 91 valence electrons. The molecule has 0 amide bonds. The van der Waals surface area contributed by atoms with Gasteiger partial charge in [0.05, 0.1) is 0 Å². The molecular formula is C15H19FN. The van der Waals surface area contributed by atoms with Crippen molar-refractivity contribution in [2.75, 3.05) is 19.6 Å². The monoisotopic (exact) mass is 232 g/mol. The average molecular weight is 232 g/mol. The van der Waals surface area contributed by atoms with Crippen molar-refractivity contribution in [3.8, 4) is 0 Å². The van der Waals surface area contributed by atoms with Gasteiger partial charge < -0.3 is 0 Å². The highest BCUT2D eigenvalue weighted by Gasteiger charge is 2.13. The summed E-state index contributed by atoms with van der Waals surface area (Å²) in [6.07, 6.45) is 3.32. The normalized spacial score (nSPS) is 17.3. The number of hydrogen-bond donors (Lipinski definition) is 0. The fraction of sp³-hybridized carbons (Fsp3) is 0.400. The minimum atomic E-state index is -0.164. The molecular weight excluding hydrogens is 213 g/mol.